The molecule has 158 valence electrons. The molecule has 5 nitrogen and oxygen atoms in total. The van der Waals surface area contributed by atoms with E-state index in [0.717, 1.165) is 61.5 Å². The van der Waals surface area contributed by atoms with Crippen LogP contribution in [0.5, 0.6) is 0 Å². The van der Waals surface area contributed by atoms with E-state index in [1.165, 1.54) is 11.3 Å². The van der Waals surface area contributed by atoms with Crippen LogP contribution in [0.25, 0.3) is 10.2 Å². The maximum absolute atomic E-state index is 12.2. The number of amides is 1. The van der Waals surface area contributed by atoms with Crippen molar-refractivity contribution in [3.63, 3.8) is 0 Å². The zero-order valence-corrected chi connectivity index (χ0v) is 18.9. The van der Waals surface area contributed by atoms with Crippen molar-refractivity contribution in [1.29, 1.82) is 0 Å². The Balaban J connectivity index is 1.16. The number of benzene rings is 2. The molecule has 30 heavy (non-hydrogen) atoms. The molecule has 0 bridgehead atoms. The molecule has 1 amide bonds. The van der Waals surface area contributed by atoms with E-state index in [2.05, 4.69) is 20.1 Å². The molecule has 1 aromatic heterocycles. The van der Waals surface area contributed by atoms with Crippen LogP contribution in [-0.2, 0) is 4.79 Å². The van der Waals surface area contributed by atoms with Gasteiger partial charge in [0.2, 0.25) is 5.91 Å². The molecule has 1 N–H and O–H groups in total. The molecule has 1 saturated heterocycles. The molecule has 0 saturated carbocycles. The van der Waals surface area contributed by atoms with Gasteiger partial charge in [-0.1, -0.05) is 52.7 Å². The summed E-state index contributed by atoms with van der Waals surface area (Å²) < 4.78 is 1.09. The molecule has 2 heterocycles. The molecule has 1 aliphatic rings. The fraction of sp³-hybridized carbons (Fsp3) is 0.364. The van der Waals surface area contributed by atoms with Gasteiger partial charge in [-0.3, -0.25) is 9.69 Å². The van der Waals surface area contributed by atoms with E-state index >= 15 is 0 Å². The lowest BCUT2D eigenvalue weighted by Crippen LogP contribution is -2.46. The van der Waals surface area contributed by atoms with Crippen molar-refractivity contribution in [2.75, 3.05) is 42.9 Å². The molecule has 1 fully saturated rings. The standard InChI is InChI=1S/C22H24Cl2N4OS/c23-16-6-5-8-18(21(16)24)28-14-12-27(13-15-28)11-4-3-10-20(29)26-22-25-17-7-1-2-9-19(17)30-22/h1-2,5-9H,3-4,10-15H2,(H,25,26,29). The Morgan fingerprint density at radius 2 is 1.83 bits per heavy atom. The monoisotopic (exact) mass is 462 g/mol. The van der Waals surface area contributed by atoms with E-state index < -0.39 is 0 Å². The number of nitrogens with zero attached hydrogens (tertiary/aromatic N) is 3. The lowest BCUT2D eigenvalue weighted by molar-refractivity contribution is -0.116. The van der Waals surface area contributed by atoms with Gasteiger partial charge in [0.1, 0.15) is 0 Å². The van der Waals surface area contributed by atoms with Gasteiger partial charge in [-0.2, -0.15) is 0 Å². The number of unbranched alkanes of at least 4 members (excludes halogenated alkanes) is 1. The molecule has 0 aliphatic carbocycles. The Morgan fingerprint density at radius 1 is 1.03 bits per heavy atom. The molecule has 0 atom stereocenters. The summed E-state index contributed by atoms with van der Waals surface area (Å²) in [5, 5.41) is 4.84. The van der Waals surface area contributed by atoms with Crippen LogP contribution >= 0.6 is 34.5 Å². The number of aromatic nitrogens is 1. The fourth-order valence-corrected chi connectivity index (χ4v) is 4.97. The molecule has 0 unspecified atom stereocenters. The maximum atomic E-state index is 12.2. The number of carbonyl (C=O) groups is 1. The minimum absolute atomic E-state index is 0.0365. The smallest absolute Gasteiger partial charge is 0.226 e. The highest BCUT2D eigenvalue weighted by Gasteiger charge is 2.19. The van der Waals surface area contributed by atoms with E-state index in [9.17, 15) is 4.79 Å². The minimum atomic E-state index is 0.0365. The zero-order valence-electron chi connectivity index (χ0n) is 16.6. The third-order valence-electron chi connectivity index (χ3n) is 5.31. The number of halogens is 2. The first kappa shape index (κ1) is 21.4. The third-order valence-corrected chi connectivity index (χ3v) is 7.07. The second kappa shape index (κ2) is 9.96. The Hall–Kier alpha value is -1.86. The Bertz CT molecular complexity index is 984. The predicted molar refractivity (Wildman–Crippen MR) is 127 cm³/mol. The number of rotatable bonds is 7. The summed E-state index contributed by atoms with van der Waals surface area (Å²) in [6.07, 6.45) is 2.40. The van der Waals surface area contributed by atoms with Gasteiger partial charge in [-0.25, -0.2) is 4.98 Å². The fourth-order valence-electron chi connectivity index (χ4n) is 3.68. The number of anilines is 2. The predicted octanol–water partition coefficient (Wildman–Crippen LogP) is 5.53. The van der Waals surface area contributed by atoms with Gasteiger partial charge < -0.3 is 10.2 Å². The summed E-state index contributed by atoms with van der Waals surface area (Å²) in [5.74, 6) is 0.0365. The lowest BCUT2D eigenvalue weighted by atomic mass is 10.2. The lowest BCUT2D eigenvalue weighted by Gasteiger charge is -2.36. The first-order valence-corrected chi connectivity index (χ1v) is 11.7. The number of fused-ring (bicyclic) bond motifs is 1. The first-order valence-electron chi connectivity index (χ1n) is 10.2. The summed E-state index contributed by atoms with van der Waals surface area (Å²) in [6, 6.07) is 13.7. The topological polar surface area (TPSA) is 48.5 Å². The summed E-state index contributed by atoms with van der Waals surface area (Å²) in [5.41, 5.74) is 1.94. The second-order valence-corrected chi connectivity index (χ2v) is 9.21. The zero-order chi connectivity index (χ0) is 20.9. The van der Waals surface area contributed by atoms with Gasteiger partial charge in [0.25, 0.3) is 0 Å². The van der Waals surface area contributed by atoms with Gasteiger partial charge >= 0.3 is 0 Å². The number of para-hydroxylation sites is 1. The summed E-state index contributed by atoms with van der Waals surface area (Å²) in [7, 11) is 0. The highest BCUT2D eigenvalue weighted by molar-refractivity contribution is 7.22. The van der Waals surface area contributed by atoms with E-state index in [1.54, 1.807) is 0 Å². The van der Waals surface area contributed by atoms with E-state index in [1.807, 2.05) is 42.5 Å². The highest BCUT2D eigenvalue weighted by atomic mass is 35.5. The van der Waals surface area contributed by atoms with Gasteiger partial charge in [-0.05, 0) is 43.7 Å². The molecular weight excluding hydrogens is 439 g/mol. The van der Waals surface area contributed by atoms with Gasteiger partial charge in [0.15, 0.2) is 5.13 Å². The van der Waals surface area contributed by atoms with Crippen LogP contribution in [0.4, 0.5) is 10.8 Å². The number of hydrogen-bond donors (Lipinski definition) is 1. The molecule has 1 aliphatic heterocycles. The van der Waals surface area contributed by atoms with Crippen LogP contribution in [0.15, 0.2) is 42.5 Å². The molecule has 0 spiro atoms. The number of hydrogen-bond acceptors (Lipinski definition) is 5. The molecule has 4 rings (SSSR count). The van der Waals surface area contributed by atoms with Crippen molar-refractivity contribution in [3.8, 4) is 0 Å². The maximum Gasteiger partial charge on any atom is 0.226 e. The Labute approximate surface area is 190 Å². The highest BCUT2D eigenvalue weighted by Crippen LogP contribution is 2.33. The van der Waals surface area contributed by atoms with E-state index in [0.29, 0.717) is 21.6 Å². The van der Waals surface area contributed by atoms with Crippen LogP contribution in [0.3, 0.4) is 0 Å². The van der Waals surface area contributed by atoms with Gasteiger partial charge in [0, 0.05) is 32.6 Å². The third kappa shape index (κ3) is 5.24. The molecular formula is C22H24Cl2N4OS. The van der Waals surface area contributed by atoms with E-state index in [4.69, 9.17) is 23.2 Å². The minimum Gasteiger partial charge on any atom is -0.368 e. The Kier molecular flexibility index (Phi) is 7.10. The van der Waals surface area contributed by atoms with Gasteiger partial charge in [0.05, 0.1) is 25.9 Å². The summed E-state index contributed by atoms with van der Waals surface area (Å²) in [4.78, 5) is 21.4. The number of piperazine rings is 1. The normalized spacial score (nSPS) is 14.9. The van der Waals surface area contributed by atoms with Crippen molar-refractivity contribution in [1.82, 2.24) is 9.88 Å². The molecule has 2 aromatic carbocycles. The average molecular weight is 463 g/mol. The van der Waals surface area contributed by atoms with Crippen molar-refractivity contribution in [2.45, 2.75) is 19.3 Å². The van der Waals surface area contributed by atoms with Crippen LogP contribution in [0.1, 0.15) is 19.3 Å². The molecule has 3 aromatic rings. The van der Waals surface area contributed by atoms with Crippen LogP contribution < -0.4 is 10.2 Å². The van der Waals surface area contributed by atoms with E-state index in [-0.39, 0.29) is 5.91 Å². The SMILES string of the molecule is O=C(CCCCN1CCN(c2cccc(Cl)c2Cl)CC1)Nc1nc2ccccc2s1. The quantitative estimate of drug-likeness (QED) is 0.468. The largest absolute Gasteiger partial charge is 0.368 e. The number of carbonyl (C=O) groups excluding carboxylic acids is 1. The first-order chi connectivity index (χ1) is 14.6. The molecule has 8 heteroatoms. The second-order valence-electron chi connectivity index (χ2n) is 7.39. The van der Waals surface area contributed by atoms with Crippen molar-refractivity contribution in [2.24, 2.45) is 0 Å². The van der Waals surface area contributed by atoms with Crippen LogP contribution in [0.2, 0.25) is 10.0 Å². The van der Waals surface area contributed by atoms with Crippen molar-refractivity contribution >= 4 is 61.5 Å². The molecule has 0 radical (unpaired) electrons. The van der Waals surface area contributed by atoms with Gasteiger partial charge in [-0.15, -0.1) is 0 Å². The van der Waals surface area contributed by atoms with Crippen molar-refractivity contribution < 1.29 is 4.79 Å². The number of nitrogens with one attached hydrogen (secondary N) is 1. The van der Waals surface area contributed by atoms with Crippen LogP contribution in [-0.4, -0.2) is 48.5 Å². The average Bonchev–Trinajstić information content (AvgIpc) is 3.16. The Morgan fingerprint density at radius 3 is 2.63 bits per heavy atom. The number of thiazole rings is 1. The summed E-state index contributed by atoms with van der Waals surface area (Å²) in [6.45, 7) is 4.84. The van der Waals surface area contributed by atoms with Crippen LogP contribution in [0, 0.1) is 0 Å². The summed E-state index contributed by atoms with van der Waals surface area (Å²) >= 11 is 14.0. The van der Waals surface area contributed by atoms with Crippen molar-refractivity contribution in [3.05, 3.63) is 52.5 Å².